The summed E-state index contributed by atoms with van der Waals surface area (Å²) in [6, 6.07) is 10.7. The van der Waals surface area contributed by atoms with Crippen molar-refractivity contribution in [1.29, 1.82) is 0 Å². The lowest BCUT2D eigenvalue weighted by Gasteiger charge is -2.14. The van der Waals surface area contributed by atoms with E-state index in [4.69, 9.17) is 16.3 Å². The van der Waals surface area contributed by atoms with E-state index < -0.39 is 0 Å². The molecule has 1 amide bonds. The Hall–Kier alpha value is -3.03. The maximum atomic E-state index is 12.6. The first-order valence-corrected chi connectivity index (χ1v) is 10.0. The SMILES string of the molecule is CCC(CO)CNC(=O)c1cnc(OCc2ncccn2)c(-c2ccc(Cl)cc2)c1. The number of aromatic nitrogens is 3. The van der Waals surface area contributed by atoms with Crippen LogP contribution in [0.4, 0.5) is 0 Å². The van der Waals surface area contributed by atoms with Gasteiger partial charge in [0.05, 0.1) is 5.56 Å². The van der Waals surface area contributed by atoms with Crippen LogP contribution in [0.5, 0.6) is 5.88 Å². The number of aliphatic hydroxyl groups excluding tert-OH is 1. The Morgan fingerprint density at radius 1 is 1.20 bits per heavy atom. The van der Waals surface area contributed by atoms with Gasteiger partial charge in [-0.25, -0.2) is 15.0 Å². The van der Waals surface area contributed by atoms with Gasteiger partial charge in [0.2, 0.25) is 5.88 Å². The van der Waals surface area contributed by atoms with Crippen LogP contribution in [-0.2, 0) is 6.61 Å². The highest BCUT2D eigenvalue weighted by molar-refractivity contribution is 6.30. The molecular weight excluding hydrogens is 404 g/mol. The van der Waals surface area contributed by atoms with Crippen molar-refractivity contribution in [3.05, 3.63) is 71.4 Å². The zero-order chi connectivity index (χ0) is 21.3. The summed E-state index contributed by atoms with van der Waals surface area (Å²) in [6.07, 6.45) is 5.53. The second-order valence-corrected chi connectivity index (χ2v) is 7.14. The summed E-state index contributed by atoms with van der Waals surface area (Å²) in [5, 5.41) is 12.8. The van der Waals surface area contributed by atoms with Gasteiger partial charge in [-0.2, -0.15) is 0 Å². The van der Waals surface area contributed by atoms with Crippen molar-refractivity contribution >= 4 is 17.5 Å². The second kappa shape index (κ2) is 10.7. The van der Waals surface area contributed by atoms with Crippen molar-refractivity contribution in [2.24, 2.45) is 5.92 Å². The molecule has 7 nitrogen and oxygen atoms in total. The molecule has 1 atom stereocenters. The summed E-state index contributed by atoms with van der Waals surface area (Å²) in [6.45, 7) is 2.54. The summed E-state index contributed by atoms with van der Waals surface area (Å²) in [7, 11) is 0. The minimum absolute atomic E-state index is 0.0196. The van der Waals surface area contributed by atoms with Crippen LogP contribution in [0.1, 0.15) is 29.5 Å². The first-order chi connectivity index (χ1) is 14.6. The number of carbonyl (C=O) groups is 1. The van der Waals surface area contributed by atoms with Crippen LogP contribution in [0.25, 0.3) is 11.1 Å². The molecule has 0 aliphatic heterocycles. The molecule has 3 aromatic rings. The quantitative estimate of drug-likeness (QED) is 0.543. The normalized spacial score (nSPS) is 11.7. The van der Waals surface area contributed by atoms with Crippen molar-refractivity contribution in [1.82, 2.24) is 20.3 Å². The number of pyridine rings is 1. The Kier molecular flexibility index (Phi) is 7.70. The number of amides is 1. The Labute approximate surface area is 180 Å². The van der Waals surface area contributed by atoms with E-state index in [0.29, 0.717) is 34.4 Å². The van der Waals surface area contributed by atoms with E-state index >= 15 is 0 Å². The molecule has 0 saturated carbocycles. The fraction of sp³-hybridized carbons (Fsp3) is 0.273. The molecule has 30 heavy (non-hydrogen) atoms. The van der Waals surface area contributed by atoms with Crippen LogP contribution in [0.2, 0.25) is 5.02 Å². The zero-order valence-corrected chi connectivity index (χ0v) is 17.3. The summed E-state index contributed by atoms with van der Waals surface area (Å²) >= 11 is 6.01. The number of nitrogens with zero attached hydrogens (tertiary/aromatic N) is 3. The van der Waals surface area contributed by atoms with Crippen LogP contribution >= 0.6 is 11.6 Å². The lowest BCUT2D eigenvalue weighted by molar-refractivity contribution is 0.0939. The fourth-order valence-electron chi connectivity index (χ4n) is 2.74. The van der Waals surface area contributed by atoms with Crippen LogP contribution in [-0.4, -0.2) is 39.1 Å². The molecule has 8 heteroatoms. The lowest BCUT2D eigenvalue weighted by Crippen LogP contribution is -2.30. The third-order valence-electron chi connectivity index (χ3n) is 4.61. The second-order valence-electron chi connectivity index (χ2n) is 6.70. The summed E-state index contributed by atoms with van der Waals surface area (Å²) < 4.78 is 5.84. The van der Waals surface area contributed by atoms with Crippen LogP contribution in [0.3, 0.4) is 0 Å². The minimum atomic E-state index is -0.262. The maximum absolute atomic E-state index is 12.6. The zero-order valence-electron chi connectivity index (χ0n) is 16.6. The van der Waals surface area contributed by atoms with Gasteiger partial charge in [-0.05, 0) is 42.2 Å². The molecule has 0 saturated heterocycles. The molecule has 0 spiro atoms. The average molecular weight is 427 g/mol. The third kappa shape index (κ3) is 5.75. The third-order valence-corrected chi connectivity index (χ3v) is 4.86. The molecule has 2 aromatic heterocycles. The Morgan fingerprint density at radius 2 is 1.93 bits per heavy atom. The minimum Gasteiger partial charge on any atom is -0.469 e. The van der Waals surface area contributed by atoms with Gasteiger partial charge in [-0.1, -0.05) is 30.7 Å². The topological polar surface area (TPSA) is 97.2 Å². The van der Waals surface area contributed by atoms with Crippen molar-refractivity contribution in [2.75, 3.05) is 13.2 Å². The molecule has 2 heterocycles. The number of nitrogens with one attached hydrogen (secondary N) is 1. The molecule has 0 radical (unpaired) electrons. The highest BCUT2D eigenvalue weighted by Crippen LogP contribution is 2.30. The number of hydrogen-bond donors (Lipinski definition) is 2. The highest BCUT2D eigenvalue weighted by atomic mass is 35.5. The Bertz CT molecular complexity index is 964. The van der Waals surface area contributed by atoms with E-state index in [1.807, 2.05) is 19.1 Å². The number of aliphatic hydroxyl groups is 1. The molecular formula is C22H23ClN4O3. The van der Waals surface area contributed by atoms with E-state index in [0.717, 1.165) is 12.0 Å². The van der Waals surface area contributed by atoms with E-state index in [1.165, 1.54) is 6.20 Å². The van der Waals surface area contributed by atoms with Gasteiger partial charge in [0.25, 0.3) is 5.91 Å². The van der Waals surface area contributed by atoms with E-state index in [1.54, 1.807) is 36.7 Å². The fourth-order valence-corrected chi connectivity index (χ4v) is 2.87. The van der Waals surface area contributed by atoms with Gasteiger partial charge in [0.1, 0.15) is 6.61 Å². The van der Waals surface area contributed by atoms with Gasteiger partial charge in [0.15, 0.2) is 5.82 Å². The standard InChI is InChI=1S/C22H23ClN4O3/c1-2-15(13-28)11-26-21(29)17-10-19(16-4-6-18(23)7-5-16)22(27-12-17)30-14-20-24-8-3-9-25-20/h3-10,12,15,28H,2,11,13-14H2,1H3,(H,26,29). The number of benzene rings is 1. The smallest absolute Gasteiger partial charge is 0.252 e. The van der Waals surface area contributed by atoms with Crippen molar-refractivity contribution in [3.8, 4) is 17.0 Å². The van der Waals surface area contributed by atoms with Crippen molar-refractivity contribution < 1.29 is 14.6 Å². The largest absolute Gasteiger partial charge is 0.469 e. The number of rotatable bonds is 9. The first-order valence-electron chi connectivity index (χ1n) is 9.64. The average Bonchev–Trinajstić information content (AvgIpc) is 2.79. The number of hydrogen-bond acceptors (Lipinski definition) is 6. The summed E-state index contributed by atoms with van der Waals surface area (Å²) in [5.41, 5.74) is 1.87. The van der Waals surface area contributed by atoms with Gasteiger partial charge < -0.3 is 15.2 Å². The lowest BCUT2D eigenvalue weighted by atomic mass is 10.0. The number of ether oxygens (including phenoxy) is 1. The van der Waals surface area contributed by atoms with E-state index in [9.17, 15) is 9.90 Å². The van der Waals surface area contributed by atoms with Crippen LogP contribution in [0.15, 0.2) is 55.0 Å². The van der Waals surface area contributed by atoms with E-state index in [-0.39, 0.29) is 25.0 Å². The maximum Gasteiger partial charge on any atom is 0.252 e. The molecule has 1 aromatic carbocycles. The van der Waals surface area contributed by atoms with Gasteiger partial charge >= 0.3 is 0 Å². The molecule has 0 aliphatic rings. The predicted octanol–water partition coefficient (Wildman–Crippen LogP) is 3.52. The summed E-state index contributed by atoms with van der Waals surface area (Å²) in [4.78, 5) is 25.2. The molecule has 1 unspecified atom stereocenters. The monoisotopic (exact) mass is 426 g/mol. The highest BCUT2D eigenvalue weighted by Gasteiger charge is 2.15. The van der Waals surface area contributed by atoms with Gasteiger partial charge in [0, 0.05) is 42.3 Å². The predicted molar refractivity (Wildman–Crippen MR) is 114 cm³/mol. The molecule has 156 valence electrons. The number of carbonyl (C=O) groups excluding carboxylic acids is 1. The van der Waals surface area contributed by atoms with Crippen LogP contribution < -0.4 is 10.1 Å². The first kappa shape index (κ1) is 21.7. The molecule has 0 bridgehead atoms. The Balaban J connectivity index is 1.85. The van der Waals surface area contributed by atoms with Crippen molar-refractivity contribution in [3.63, 3.8) is 0 Å². The van der Waals surface area contributed by atoms with Crippen molar-refractivity contribution in [2.45, 2.75) is 20.0 Å². The van der Waals surface area contributed by atoms with Gasteiger partial charge in [-0.3, -0.25) is 4.79 Å². The molecule has 0 fully saturated rings. The van der Waals surface area contributed by atoms with Gasteiger partial charge in [-0.15, -0.1) is 0 Å². The van der Waals surface area contributed by atoms with Crippen LogP contribution in [0, 0.1) is 5.92 Å². The molecule has 2 N–H and O–H groups in total. The number of halogens is 1. The molecule has 3 rings (SSSR count). The molecule has 0 aliphatic carbocycles. The summed E-state index contributed by atoms with van der Waals surface area (Å²) in [5.74, 6) is 0.648. The van der Waals surface area contributed by atoms with E-state index in [2.05, 4.69) is 20.3 Å². The Morgan fingerprint density at radius 3 is 2.60 bits per heavy atom.